The van der Waals surface area contributed by atoms with Gasteiger partial charge in [0.2, 0.25) is 0 Å². The van der Waals surface area contributed by atoms with E-state index in [-0.39, 0.29) is 0 Å². The SMILES string of the molecule is C=Cc1nc(C)cc(-c2cnn3cc(N4CCC(N(C)CCN(C)C)CC4)cnc23)c1C=C. The number of nitrogens with zero attached hydrogens (tertiary/aromatic N) is 7. The van der Waals surface area contributed by atoms with Crippen molar-refractivity contribution in [2.75, 3.05) is 52.2 Å². The highest BCUT2D eigenvalue weighted by molar-refractivity contribution is 5.86. The van der Waals surface area contributed by atoms with Gasteiger partial charge in [-0.3, -0.25) is 4.98 Å². The third-order valence-corrected chi connectivity index (χ3v) is 6.60. The predicted molar refractivity (Wildman–Crippen MR) is 138 cm³/mol. The van der Waals surface area contributed by atoms with E-state index < -0.39 is 0 Å². The van der Waals surface area contributed by atoms with E-state index in [1.807, 2.05) is 29.9 Å². The molecule has 7 heteroatoms. The van der Waals surface area contributed by atoms with E-state index in [0.717, 1.165) is 78.4 Å². The van der Waals surface area contributed by atoms with Gasteiger partial charge in [0.1, 0.15) is 0 Å². The minimum absolute atomic E-state index is 0.639. The van der Waals surface area contributed by atoms with Gasteiger partial charge >= 0.3 is 0 Å². The minimum atomic E-state index is 0.639. The monoisotopic (exact) mass is 445 g/mol. The highest BCUT2D eigenvalue weighted by atomic mass is 15.3. The van der Waals surface area contributed by atoms with Gasteiger partial charge in [0, 0.05) is 49.0 Å². The lowest BCUT2D eigenvalue weighted by Crippen LogP contribution is -2.45. The zero-order valence-electron chi connectivity index (χ0n) is 20.3. The molecule has 4 heterocycles. The first-order chi connectivity index (χ1) is 15.9. The number of aryl methyl sites for hydroxylation is 1. The van der Waals surface area contributed by atoms with E-state index >= 15 is 0 Å². The van der Waals surface area contributed by atoms with Crippen molar-refractivity contribution < 1.29 is 0 Å². The van der Waals surface area contributed by atoms with Crippen molar-refractivity contribution in [3.05, 3.63) is 54.8 Å². The first kappa shape index (κ1) is 23.1. The second-order valence-electron chi connectivity index (χ2n) is 9.16. The van der Waals surface area contributed by atoms with Crippen molar-refractivity contribution in [2.45, 2.75) is 25.8 Å². The average Bonchev–Trinajstić information content (AvgIpc) is 3.25. The Morgan fingerprint density at radius 2 is 1.82 bits per heavy atom. The van der Waals surface area contributed by atoms with Gasteiger partial charge in [-0.25, -0.2) is 9.50 Å². The van der Waals surface area contributed by atoms with E-state index in [9.17, 15) is 0 Å². The number of hydrogen-bond acceptors (Lipinski definition) is 6. The number of rotatable bonds is 8. The van der Waals surface area contributed by atoms with Crippen LogP contribution in [0.2, 0.25) is 0 Å². The van der Waals surface area contributed by atoms with E-state index in [2.05, 4.69) is 71.3 Å². The first-order valence-electron chi connectivity index (χ1n) is 11.6. The Balaban J connectivity index is 1.54. The molecule has 0 bridgehead atoms. The number of likely N-dealkylation sites (N-methyl/N-ethyl adjacent to an activating group) is 2. The molecule has 4 rings (SSSR count). The molecule has 0 aliphatic carbocycles. The fraction of sp³-hybridized carbons (Fsp3) is 0.423. The maximum atomic E-state index is 4.82. The average molecular weight is 446 g/mol. The molecular weight excluding hydrogens is 410 g/mol. The maximum Gasteiger partial charge on any atom is 0.162 e. The van der Waals surface area contributed by atoms with Gasteiger partial charge in [-0.05, 0) is 58.6 Å². The van der Waals surface area contributed by atoms with E-state index in [4.69, 9.17) is 4.98 Å². The molecule has 3 aromatic rings. The Kier molecular flexibility index (Phi) is 6.91. The Bertz CT molecular complexity index is 1140. The molecule has 1 aliphatic rings. The molecule has 1 aliphatic heterocycles. The van der Waals surface area contributed by atoms with Gasteiger partial charge in [-0.2, -0.15) is 5.10 Å². The summed E-state index contributed by atoms with van der Waals surface area (Å²) in [6, 6.07) is 2.70. The Morgan fingerprint density at radius 1 is 1.06 bits per heavy atom. The van der Waals surface area contributed by atoms with Crippen LogP contribution in [0.3, 0.4) is 0 Å². The van der Waals surface area contributed by atoms with Gasteiger partial charge in [0.05, 0.1) is 30.0 Å². The molecular formula is C26H35N7. The molecule has 1 fully saturated rings. The predicted octanol–water partition coefficient (Wildman–Crippen LogP) is 3.85. The number of anilines is 1. The zero-order valence-corrected chi connectivity index (χ0v) is 20.3. The summed E-state index contributed by atoms with van der Waals surface area (Å²) in [6.07, 6.45) is 11.9. The summed E-state index contributed by atoms with van der Waals surface area (Å²) < 4.78 is 1.89. The molecule has 0 atom stereocenters. The molecule has 7 nitrogen and oxygen atoms in total. The number of aromatic nitrogens is 4. The minimum Gasteiger partial charge on any atom is -0.369 e. The van der Waals surface area contributed by atoms with Crippen molar-refractivity contribution in [1.29, 1.82) is 0 Å². The summed E-state index contributed by atoms with van der Waals surface area (Å²) in [5, 5.41) is 4.63. The van der Waals surface area contributed by atoms with Crippen LogP contribution in [-0.4, -0.2) is 82.7 Å². The van der Waals surface area contributed by atoms with Crippen LogP contribution in [-0.2, 0) is 0 Å². The van der Waals surface area contributed by atoms with Gasteiger partial charge in [0.25, 0.3) is 0 Å². The number of pyridine rings is 1. The van der Waals surface area contributed by atoms with Crippen LogP contribution in [0.15, 0.2) is 37.8 Å². The van der Waals surface area contributed by atoms with Gasteiger partial charge in [-0.1, -0.05) is 19.2 Å². The first-order valence-corrected chi connectivity index (χ1v) is 11.6. The molecule has 0 unspecified atom stereocenters. The largest absolute Gasteiger partial charge is 0.369 e. The molecule has 0 amide bonds. The standard InChI is InChI=1S/C26H35N7/c1-7-22-23(15-19(3)29-25(22)8-2)24-17-28-33-18-21(16-27-26(24)33)32-11-9-20(10-12-32)31(6)14-13-30(4)5/h7-8,15-18,20H,1-2,9-14H2,3-6H3. The van der Waals surface area contributed by atoms with E-state index in [1.54, 1.807) is 6.08 Å². The van der Waals surface area contributed by atoms with Crippen molar-refractivity contribution in [3.63, 3.8) is 0 Å². The number of hydrogen-bond donors (Lipinski definition) is 0. The van der Waals surface area contributed by atoms with Crippen LogP contribution in [0, 0.1) is 6.92 Å². The van der Waals surface area contributed by atoms with Gasteiger partial charge < -0.3 is 14.7 Å². The smallest absolute Gasteiger partial charge is 0.162 e. The lowest BCUT2D eigenvalue weighted by atomic mass is 9.99. The van der Waals surface area contributed by atoms with Crippen molar-refractivity contribution in [3.8, 4) is 11.1 Å². The summed E-state index contributed by atoms with van der Waals surface area (Å²) in [6.45, 7) is 14.1. The van der Waals surface area contributed by atoms with Crippen LogP contribution >= 0.6 is 0 Å². The Labute approximate surface area is 197 Å². The molecule has 0 N–H and O–H groups in total. The highest BCUT2D eigenvalue weighted by Crippen LogP contribution is 2.31. The molecule has 1 saturated heterocycles. The topological polar surface area (TPSA) is 52.8 Å². The fourth-order valence-corrected chi connectivity index (χ4v) is 4.62. The van der Waals surface area contributed by atoms with Crippen LogP contribution < -0.4 is 4.90 Å². The molecule has 0 radical (unpaired) electrons. The summed E-state index contributed by atoms with van der Waals surface area (Å²) >= 11 is 0. The molecule has 3 aromatic heterocycles. The number of piperidine rings is 1. The van der Waals surface area contributed by atoms with Crippen molar-refractivity contribution in [2.24, 2.45) is 0 Å². The summed E-state index contributed by atoms with van der Waals surface area (Å²) in [7, 11) is 6.51. The zero-order chi connectivity index (χ0) is 23.5. The third-order valence-electron chi connectivity index (χ3n) is 6.60. The summed E-state index contributed by atoms with van der Waals surface area (Å²) in [5.74, 6) is 0. The molecule has 33 heavy (non-hydrogen) atoms. The van der Waals surface area contributed by atoms with Crippen LogP contribution in [0.5, 0.6) is 0 Å². The summed E-state index contributed by atoms with van der Waals surface area (Å²) in [4.78, 5) is 16.6. The Hall–Kier alpha value is -3.03. The van der Waals surface area contributed by atoms with Gasteiger partial charge in [0.15, 0.2) is 5.65 Å². The maximum absolute atomic E-state index is 4.82. The molecule has 0 aromatic carbocycles. The quantitative estimate of drug-likeness (QED) is 0.525. The highest BCUT2D eigenvalue weighted by Gasteiger charge is 2.23. The lowest BCUT2D eigenvalue weighted by Gasteiger charge is -2.38. The summed E-state index contributed by atoms with van der Waals surface area (Å²) in [5.41, 5.74) is 6.68. The molecule has 0 saturated carbocycles. The molecule has 174 valence electrons. The number of fused-ring (bicyclic) bond motifs is 1. The third kappa shape index (κ3) is 4.84. The van der Waals surface area contributed by atoms with Crippen molar-refractivity contribution in [1.82, 2.24) is 29.4 Å². The van der Waals surface area contributed by atoms with Crippen molar-refractivity contribution >= 4 is 23.5 Å². The fourth-order valence-electron chi connectivity index (χ4n) is 4.62. The lowest BCUT2D eigenvalue weighted by molar-refractivity contribution is 0.190. The van der Waals surface area contributed by atoms with Crippen LogP contribution in [0.4, 0.5) is 5.69 Å². The normalized spacial score (nSPS) is 15.0. The van der Waals surface area contributed by atoms with E-state index in [0.29, 0.717) is 6.04 Å². The molecule has 0 spiro atoms. The second kappa shape index (κ2) is 9.85. The van der Waals surface area contributed by atoms with Crippen LogP contribution in [0.25, 0.3) is 28.9 Å². The van der Waals surface area contributed by atoms with Gasteiger partial charge in [-0.15, -0.1) is 0 Å². The Morgan fingerprint density at radius 3 is 2.48 bits per heavy atom. The van der Waals surface area contributed by atoms with Crippen LogP contribution in [0.1, 0.15) is 29.8 Å². The van der Waals surface area contributed by atoms with E-state index in [1.165, 1.54) is 0 Å². The second-order valence-corrected chi connectivity index (χ2v) is 9.16.